The summed E-state index contributed by atoms with van der Waals surface area (Å²) in [5.41, 5.74) is 0. The molecule has 10 valence electrons. The van der Waals surface area contributed by atoms with Gasteiger partial charge in [-0.3, -0.25) is 0 Å². The standard InChI is InChI=1S/Bi.Ca.O.Ti/q+3;+2;-2;+4. The smallest absolute Gasteiger partial charge is 2.00 e. The molecule has 0 atom stereocenters. The average Bonchev–Trinajstić information content (AvgIpc) is 0. The minimum atomic E-state index is 0. The predicted octanol–water partition coefficient (Wildman–Crippen LogP) is -0.883. The van der Waals surface area contributed by atoms with Crippen LogP contribution < -0.4 is 0 Å². The van der Waals surface area contributed by atoms with Gasteiger partial charge >= 0.3 is 85.7 Å². The van der Waals surface area contributed by atoms with Crippen LogP contribution in [0.2, 0.25) is 0 Å². The van der Waals surface area contributed by atoms with Crippen molar-refractivity contribution in [3.63, 3.8) is 0 Å². The molecule has 0 unspecified atom stereocenters. The van der Waals surface area contributed by atoms with Gasteiger partial charge in [-0.25, -0.2) is 0 Å². The summed E-state index contributed by atoms with van der Waals surface area (Å²) in [6.45, 7) is 0. The largest absolute Gasteiger partial charge is 4.00 e. The summed E-state index contributed by atoms with van der Waals surface area (Å²) >= 11 is 0. The number of hydrogen-bond acceptors (Lipinski definition) is 0. The van der Waals surface area contributed by atoms with Gasteiger partial charge in [0.15, 0.2) is 0 Å². The molecule has 0 aromatic carbocycles. The summed E-state index contributed by atoms with van der Waals surface area (Å²) < 4.78 is 0. The fourth-order valence-electron chi connectivity index (χ4n) is 0. The Kier molecular flexibility index (Phi) is 124. The van der Waals surface area contributed by atoms with E-state index in [4.69, 9.17) is 0 Å². The minimum absolute atomic E-state index is 0. The van der Waals surface area contributed by atoms with Crippen LogP contribution in [0.4, 0.5) is 0 Å². The van der Waals surface area contributed by atoms with Gasteiger partial charge in [-0.15, -0.1) is 0 Å². The Balaban J connectivity index is 0. The molecule has 0 saturated carbocycles. The summed E-state index contributed by atoms with van der Waals surface area (Å²) in [7, 11) is 0. The van der Waals surface area contributed by atoms with E-state index >= 15 is 0 Å². The zero-order chi connectivity index (χ0) is 0. The third kappa shape index (κ3) is 8.84. The van der Waals surface area contributed by atoms with Crippen LogP contribution in [0.1, 0.15) is 0 Å². The van der Waals surface area contributed by atoms with E-state index in [1.165, 1.54) is 0 Å². The first-order valence-corrected chi connectivity index (χ1v) is 0. The van der Waals surface area contributed by atoms with Crippen LogP contribution in [0.25, 0.3) is 0 Å². The summed E-state index contributed by atoms with van der Waals surface area (Å²) in [6.07, 6.45) is 0. The second-order valence-electron chi connectivity index (χ2n) is 0. The Morgan fingerprint density at radius 2 is 1.00 bits per heavy atom. The Morgan fingerprint density at radius 1 is 1.00 bits per heavy atom. The first-order valence-electron chi connectivity index (χ1n) is 0. The SMILES string of the molecule is [Bi+3].[Ca+2].[O-2].[Ti+4]. The van der Waals surface area contributed by atoms with Crippen molar-refractivity contribution in [2.75, 3.05) is 0 Å². The molecule has 1 nitrogen and oxygen atoms in total. The summed E-state index contributed by atoms with van der Waals surface area (Å²) in [5, 5.41) is 0. The van der Waals surface area contributed by atoms with E-state index in [1.807, 2.05) is 0 Å². The Labute approximate surface area is 89.2 Å². The maximum Gasteiger partial charge on any atom is 4.00 e. The van der Waals surface area contributed by atoms with Crippen LogP contribution in [-0.4, -0.2) is 63.9 Å². The quantitative estimate of drug-likeness (QED) is 0.520. The molecule has 0 aromatic rings. The maximum absolute atomic E-state index is 0. The van der Waals surface area contributed by atoms with E-state index < -0.39 is 0 Å². The van der Waals surface area contributed by atoms with Crippen LogP contribution in [0.3, 0.4) is 0 Å². The van der Waals surface area contributed by atoms with Crippen LogP contribution in [0.15, 0.2) is 0 Å². The van der Waals surface area contributed by atoms with Crippen molar-refractivity contribution in [1.82, 2.24) is 0 Å². The second kappa shape index (κ2) is 17.0. The van der Waals surface area contributed by atoms with Crippen molar-refractivity contribution in [3.8, 4) is 0 Å². The van der Waals surface area contributed by atoms with Crippen LogP contribution in [0.5, 0.6) is 0 Å². The summed E-state index contributed by atoms with van der Waals surface area (Å²) in [4.78, 5) is 0. The fraction of sp³-hybridized carbons (Fsp3) is 0. The molecule has 0 aliphatic rings. The van der Waals surface area contributed by atoms with Gasteiger partial charge in [0.25, 0.3) is 0 Å². The summed E-state index contributed by atoms with van der Waals surface area (Å²) in [5.74, 6) is 0. The predicted molar refractivity (Wildman–Crippen MR) is 12.2 cm³/mol. The Morgan fingerprint density at radius 3 is 1.00 bits per heavy atom. The topological polar surface area (TPSA) is 28.5 Å². The molecule has 0 spiro atoms. The minimum Gasteiger partial charge on any atom is -2.00 e. The van der Waals surface area contributed by atoms with E-state index in [2.05, 4.69) is 0 Å². The molecule has 0 N–H and O–H groups in total. The van der Waals surface area contributed by atoms with Crippen molar-refractivity contribution in [2.45, 2.75) is 0 Å². The molecule has 2 radical (unpaired) electrons. The van der Waals surface area contributed by atoms with Crippen LogP contribution >= 0.6 is 0 Å². The molecule has 0 amide bonds. The third-order valence-corrected chi connectivity index (χ3v) is 0. The Hall–Kier alpha value is 2.82. The van der Waals surface area contributed by atoms with Gasteiger partial charge in [-0.05, 0) is 0 Å². The molecule has 0 rings (SSSR count). The van der Waals surface area contributed by atoms with Gasteiger partial charge in [-0.2, -0.15) is 0 Å². The van der Waals surface area contributed by atoms with Crippen LogP contribution in [-0.2, 0) is 27.2 Å². The molecule has 0 saturated heterocycles. The van der Waals surface area contributed by atoms with Gasteiger partial charge in [-0.1, -0.05) is 0 Å². The van der Waals surface area contributed by atoms with Crippen molar-refractivity contribution in [1.29, 1.82) is 0 Å². The van der Waals surface area contributed by atoms with Crippen LogP contribution in [0, 0.1) is 0 Å². The number of rotatable bonds is 0. The monoisotopic (exact) mass is 313 g/mol. The molecule has 4 heteroatoms. The molecule has 0 aromatic heterocycles. The molecular formula is BiCaOTi+7. The van der Waals surface area contributed by atoms with E-state index in [-0.39, 0.29) is 91.1 Å². The third-order valence-electron chi connectivity index (χ3n) is 0. The normalized spacial score (nSPS) is 0. The van der Waals surface area contributed by atoms with E-state index in [0.29, 0.717) is 0 Å². The zero-order valence-corrected chi connectivity index (χ0v) is 9.31. The first-order chi connectivity index (χ1) is 0. The molecule has 0 aliphatic carbocycles. The van der Waals surface area contributed by atoms with Crippen molar-refractivity contribution in [2.24, 2.45) is 0 Å². The first kappa shape index (κ1) is 29.1. The molecular weight excluding hydrogens is 313 g/mol. The fourth-order valence-corrected chi connectivity index (χ4v) is 0. The van der Waals surface area contributed by atoms with Gasteiger partial charge in [0.05, 0.1) is 0 Å². The van der Waals surface area contributed by atoms with Gasteiger partial charge in [0, 0.05) is 0 Å². The maximum atomic E-state index is 0. The van der Waals surface area contributed by atoms with Gasteiger partial charge in [0.1, 0.15) is 0 Å². The molecule has 4 heavy (non-hydrogen) atoms. The van der Waals surface area contributed by atoms with Gasteiger partial charge in [0.2, 0.25) is 0 Å². The zero-order valence-electron chi connectivity index (χ0n) is 2.06. The molecule has 0 fully saturated rings. The van der Waals surface area contributed by atoms with E-state index in [9.17, 15) is 0 Å². The second-order valence-corrected chi connectivity index (χ2v) is 0. The van der Waals surface area contributed by atoms with Crippen molar-refractivity contribution >= 4 is 63.9 Å². The van der Waals surface area contributed by atoms with Crippen molar-refractivity contribution < 1.29 is 27.2 Å². The van der Waals surface area contributed by atoms with E-state index in [0.717, 1.165) is 0 Å². The molecule has 0 aliphatic heterocycles. The summed E-state index contributed by atoms with van der Waals surface area (Å²) in [6, 6.07) is 0. The van der Waals surface area contributed by atoms with Crippen molar-refractivity contribution in [3.05, 3.63) is 0 Å². The average molecular weight is 313 g/mol. The molecule has 0 bridgehead atoms. The number of hydrogen-bond donors (Lipinski definition) is 0. The molecule has 0 heterocycles. The van der Waals surface area contributed by atoms with Gasteiger partial charge < -0.3 is 5.48 Å². The Bertz CT molecular complexity index is 8.00. The van der Waals surface area contributed by atoms with E-state index in [1.54, 1.807) is 0 Å².